The second-order valence-electron chi connectivity index (χ2n) is 4.38. The van der Waals surface area contributed by atoms with Gasteiger partial charge in [0.15, 0.2) is 0 Å². The molecule has 0 aromatic rings. The van der Waals surface area contributed by atoms with Crippen LogP contribution in [0, 0.1) is 5.41 Å². The molecule has 1 heterocycles. The van der Waals surface area contributed by atoms with E-state index in [-0.39, 0.29) is 11.3 Å². The highest BCUT2D eigenvalue weighted by molar-refractivity contribution is 5.74. The first kappa shape index (κ1) is 8.57. The maximum absolute atomic E-state index is 11.0. The van der Waals surface area contributed by atoms with Gasteiger partial charge < -0.3 is 4.90 Å². The van der Waals surface area contributed by atoms with Crippen LogP contribution in [0.25, 0.3) is 0 Å². The lowest BCUT2D eigenvalue weighted by atomic mass is 9.79. The minimum atomic E-state index is 0.219. The largest absolute Gasteiger partial charge is 0.339 e. The minimum Gasteiger partial charge on any atom is -0.339 e. The molecule has 0 aromatic heterocycles. The van der Waals surface area contributed by atoms with Crippen molar-refractivity contribution in [1.29, 1.82) is 0 Å². The number of nitrogens with zero attached hydrogens (tertiary/aromatic N) is 1. The Morgan fingerprint density at radius 1 is 1.45 bits per heavy atom. The van der Waals surface area contributed by atoms with Gasteiger partial charge in [0, 0.05) is 19.5 Å². The third-order valence-electron chi connectivity index (χ3n) is 2.42. The quantitative estimate of drug-likeness (QED) is 0.521. The van der Waals surface area contributed by atoms with Crippen molar-refractivity contribution in [3.8, 4) is 0 Å². The average molecular weight is 155 g/mol. The molecule has 1 saturated heterocycles. The number of likely N-dealkylation sites (tertiary alicyclic amines) is 1. The molecule has 0 bridgehead atoms. The fourth-order valence-electron chi connectivity index (χ4n) is 1.66. The number of carbonyl (C=O) groups excluding carboxylic acids is 1. The van der Waals surface area contributed by atoms with Crippen LogP contribution in [0.1, 0.15) is 34.1 Å². The third kappa shape index (κ3) is 1.55. The minimum absolute atomic E-state index is 0.219. The van der Waals surface area contributed by atoms with Crippen LogP contribution in [0.5, 0.6) is 0 Å². The molecule has 0 aliphatic carbocycles. The van der Waals surface area contributed by atoms with E-state index in [0.717, 1.165) is 6.54 Å². The normalized spacial score (nSPS) is 24.7. The molecule has 1 amide bonds. The first-order valence-corrected chi connectivity index (χ1v) is 4.20. The molecule has 2 nitrogen and oxygen atoms in total. The lowest BCUT2D eigenvalue weighted by molar-refractivity contribution is -0.140. The summed E-state index contributed by atoms with van der Waals surface area (Å²) in [5.41, 5.74) is 0.254. The molecule has 0 saturated carbocycles. The van der Waals surface area contributed by atoms with Crippen molar-refractivity contribution in [2.24, 2.45) is 5.41 Å². The van der Waals surface area contributed by atoms with E-state index in [2.05, 4.69) is 20.8 Å². The average Bonchev–Trinajstić information content (AvgIpc) is 1.51. The highest BCUT2D eigenvalue weighted by Gasteiger charge is 2.38. The molecule has 1 aliphatic heterocycles. The van der Waals surface area contributed by atoms with E-state index < -0.39 is 0 Å². The fourth-order valence-corrected chi connectivity index (χ4v) is 1.66. The molecule has 1 unspecified atom stereocenters. The van der Waals surface area contributed by atoms with Crippen LogP contribution in [-0.4, -0.2) is 23.4 Å². The SMILES string of the molecule is CC(=O)N1CCC1C(C)(C)C. The summed E-state index contributed by atoms with van der Waals surface area (Å²) >= 11 is 0. The van der Waals surface area contributed by atoms with Gasteiger partial charge in [0.05, 0.1) is 0 Å². The zero-order valence-corrected chi connectivity index (χ0v) is 7.85. The Bertz CT molecular complexity index is 169. The van der Waals surface area contributed by atoms with Crippen LogP contribution in [0.4, 0.5) is 0 Å². The third-order valence-corrected chi connectivity index (χ3v) is 2.42. The van der Waals surface area contributed by atoms with Crippen molar-refractivity contribution in [1.82, 2.24) is 4.90 Å². The van der Waals surface area contributed by atoms with Crippen molar-refractivity contribution in [2.75, 3.05) is 6.54 Å². The summed E-state index contributed by atoms with van der Waals surface area (Å²) < 4.78 is 0. The van der Waals surface area contributed by atoms with Gasteiger partial charge in [0.1, 0.15) is 0 Å². The Hall–Kier alpha value is -0.530. The zero-order chi connectivity index (χ0) is 8.65. The van der Waals surface area contributed by atoms with Crippen LogP contribution in [-0.2, 0) is 4.79 Å². The smallest absolute Gasteiger partial charge is 0.219 e. The summed E-state index contributed by atoms with van der Waals surface area (Å²) in [6.45, 7) is 9.17. The van der Waals surface area contributed by atoms with Crippen LogP contribution >= 0.6 is 0 Å². The molecule has 64 valence electrons. The number of amides is 1. The molecular formula is C9H17NO. The van der Waals surface area contributed by atoms with Crippen LogP contribution < -0.4 is 0 Å². The summed E-state index contributed by atoms with van der Waals surface area (Å²) in [5, 5.41) is 0. The van der Waals surface area contributed by atoms with E-state index in [1.807, 2.05) is 4.90 Å². The first-order valence-electron chi connectivity index (χ1n) is 4.20. The van der Waals surface area contributed by atoms with E-state index in [9.17, 15) is 4.79 Å². The van der Waals surface area contributed by atoms with Gasteiger partial charge in [-0.1, -0.05) is 20.8 Å². The predicted octanol–water partition coefficient (Wildman–Crippen LogP) is 1.65. The second kappa shape index (κ2) is 2.50. The molecule has 1 aliphatic rings. The summed E-state index contributed by atoms with van der Waals surface area (Å²) in [6.07, 6.45) is 1.17. The number of hydrogen-bond donors (Lipinski definition) is 0. The number of carbonyl (C=O) groups is 1. The predicted molar refractivity (Wildman–Crippen MR) is 45.2 cm³/mol. The highest BCUT2D eigenvalue weighted by atomic mass is 16.2. The van der Waals surface area contributed by atoms with E-state index in [4.69, 9.17) is 0 Å². The molecule has 1 atom stereocenters. The Balaban J connectivity index is 2.57. The maximum Gasteiger partial charge on any atom is 0.219 e. The Morgan fingerprint density at radius 2 is 2.00 bits per heavy atom. The van der Waals surface area contributed by atoms with Gasteiger partial charge in [-0.25, -0.2) is 0 Å². The maximum atomic E-state index is 11.0. The molecule has 11 heavy (non-hydrogen) atoms. The number of rotatable bonds is 0. The van der Waals surface area contributed by atoms with Crippen LogP contribution in [0.2, 0.25) is 0 Å². The summed E-state index contributed by atoms with van der Waals surface area (Å²) in [4.78, 5) is 13.0. The molecule has 0 aromatic carbocycles. The standard InChI is InChI=1S/C9H17NO/c1-7(11)10-6-5-8(10)9(2,3)4/h8H,5-6H2,1-4H3. The van der Waals surface area contributed by atoms with Gasteiger partial charge in [-0.2, -0.15) is 0 Å². The van der Waals surface area contributed by atoms with Crippen LogP contribution in [0.15, 0.2) is 0 Å². The molecule has 1 fully saturated rings. The Labute approximate surface area is 68.6 Å². The first-order chi connectivity index (χ1) is 4.93. The van der Waals surface area contributed by atoms with Crippen molar-refractivity contribution in [3.05, 3.63) is 0 Å². The molecule has 0 spiro atoms. The molecule has 0 N–H and O–H groups in total. The van der Waals surface area contributed by atoms with Gasteiger partial charge in [-0.3, -0.25) is 4.79 Å². The van der Waals surface area contributed by atoms with E-state index in [1.54, 1.807) is 6.92 Å². The van der Waals surface area contributed by atoms with Gasteiger partial charge in [0.25, 0.3) is 0 Å². The van der Waals surface area contributed by atoms with Gasteiger partial charge in [0.2, 0.25) is 5.91 Å². The van der Waals surface area contributed by atoms with E-state index in [0.29, 0.717) is 6.04 Å². The topological polar surface area (TPSA) is 20.3 Å². The van der Waals surface area contributed by atoms with E-state index >= 15 is 0 Å². The Morgan fingerprint density at radius 3 is 2.09 bits per heavy atom. The molecular weight excluding hydrogens is 138 g/mol. The Kier molecular flexibility index (Phi) is 1.95. The van der Waals surface area contributed by atoms with Gasteiger partial charge in [-0.15, -0.1) is 0 Å². The monoisotopic (exact) mass is 155 g/mol. The van der Waals surface area contributed by atoms with Crippen molar-refractivity contribution >= 4 is 5.91 Å². The van der Waals surface area contributed by atoms with Crippen molar-refractivity contribution < 1.29 is 4.79 Å². The lowest BCUT2D eigenvalue weighted by Crippen LogP contribution is -2.56. The lowest BCUT2D eigenvalue weighted by Gasteiger charge is -2.48. The summed E-state index contributed by atoms with van der Waals surface area (Å²) in [7, 11) is 0. The molecule has 0 radical (unpaired) electrons. The molecule has 1 rings (SSSR count). The van der Waals surface area contributed by atoms with Gasteiger partial charge >= 0.3 is 0 Å². The van der Waals surface area contributed by atoms with Gasteiger partial charge in [-0.05, 0) is 11.8 Å². The summed E-state index contributed by atoms with van der Waals surface area (Å²) in [5.74, 6) is 0.219. The summed E-state index contributed by atoms with van der Waals surface area (Å²) in [6, 6.07) is 0.472. The second-order valence-corrected chi connectivity index (χ2v) is 4.38. The number of hydrogen-bond acceptors (Lipinski definition) is 1. The van der Waals surface area contributed by atoms with Crippen molar-refractivity contribution in [2.45, 2.75) is 40.2 Å². The highest BCUT2D eigenvalue weighted by Crippen LogP contribution is 2.33. The van der Waals surface area contributed by atoms with Crippen LogP contribution in [0.3, 0.4) is 0 Å². The zero-order valence-electron chi connectivity index (χ0n) is 7.85. The van der Waals surface area contributed by atoms with Crippen molar-refractivity contribution in [3.63, 3.8) is 0 Å². The fraction of sp³-hybridized carbons (Fsp3) is 0.889. The van der Waals surface area contributed by atoms with E-state index in [1.165, 1.54) is 6.42 Å². The molecule has 2 heteroatoms.